The zero-order chi connectivity index (χ0) is 22.3. The minimum absolute atomic E-state index is 0.618. The first-order chi connectivity index (χ1) is 15.6. The molecular formula is C27H37N3O2. The standard InChI is InChI=1S/C27H37N3O2/c1-4-31-20-23-11-12-24-26(28-32-27(24)25(23)19-29(2)3)13-10-21-14-16-30(17-15-21)18-22-8-6-5-7-9-22/h5-9,11-12,21H,4,10,13-20H2,1-3H3. The molecule has 0 atom stereocenters. The summed E-state index contributed by atoms with van der Waals surface area (Å²) in [5.74, 6) is 0.771. The molecule has 1 fully saturated rings. The molecule has 0 radical (unpaired) electrons. The summed E-state index contributed by atoms with van der Waals surface area (Å²) in [5, 5.41) is 5.67. The molecule has 4 rings (SSSR count). The highest BCUT2D eigenvalue weighted by Crippen LogP contribution is 2.30. The molecule has 0 spiro atoms. The summed E-state index contributed by atoms with van der Waals surface area (Å²) in [4.78, 5) is 4.76. The highest BCUT2D eigenvalue weighted by molar-refractivity contribution is 5.83. The Hall–Kier alpha value is -2.21. The minimum atomic E-state index is 0.618. The molecular weight excluding hydrogens is 398 g/mol. The van der Waals surface area contributed by atoms with E-state index in [1.165, 1.54) is 54.4 Å². The van der Waals surface area contributed by atoms with Gasteiger partial charge in [0.25, 0.3) is 0 Å². The number of benzene rings is 2. The Morgan fingerprint density at radius 1 is 1.09 bits per heavy atom. The second-order valence-electron chi connectivity index (χ2n) is 9.33. The Kier molecular flexibility index (Phi) is 7.95. The van der Waals surface area contributed by atoms with Crippen molar-refractivity contribution in [3.63, 3.8) is 0 Å². The second kappa shape index (κ2) is 11.1. The van der Waals surface area contributed by atoms with Gasteiger partial charge in [-0.05, 0) is 82.9 Å². The molecule has 172 valence electrons. The first kappa shape index (κ1) is 23.0. The zero-order valence-corrected chi connectivity index (χ0v) is 19.8. The summed E-state index contributed by atoms with van der Waals surface area (Å²) in [5.41, 5.74) is 5.85. The summed E-state index contributed by atoms with van der Waals surface area (Å²) in [6.07, 6.45) is 4.72. The van der Waals surface area contributed by atoms with Crippen molar-refractivity contribution in [2.75, 3.05) is 33.8 Å². The quantitative estimate of drug-likeness (QED) is 0.434. The molecule has 0 N–H and O–H groups in total. The molecule has 1 aliphatic rings. The van der Waals surface area contributed by atoms with Gasteiger partial charge < -0.3 is 14.2 Å². The highest BCUT2D eigenvalue weighted by atomic mass is 16.5. The van der Waals surface area contributed by atoms with Gasteiger partial charge in [-0.2, -0.15) is 0 Å². The third-order valence-electron chi connectivity index (χ3n) is 6.60. The number of hydrogen-bond donors (Lipinski definition) is 0. The Morgan fingerprint density at radius 2 is 1.88 bits per heavy atom. The minimum Gasteiger partial charge on any atom is -0.377 e. The smallest absolute Gasteiger partial charge is 0.171 e. The van der Waals surface area contributed by atoms with Gasteiger partial charge in [0, 0.05) is 30.6 Å². The van der Waals surface area contributed by atoms with Crippen LogP contribution in [0.4, 0.5) is 0 Å². The molecule has 1 aliphatic heterocycles. The van der Waals surface area contributed by atoms with Crippen LogP contribution in [0.25, 0.3) is 11.0 Å². The average molecular weight is 436 g/mol. The van der Waals surface area contributed by atoms with E-state index in [0.29, 0.717) is 13.2 Å². The van der Waals surface area contributed by atoms with Crippen LogP contribution in [0.15, 0.2) is 47.0 Å². The first-order valence-corrected chi connectivity index (χ1v) is 12.0. The van der Waals surface area contributed by atoms with Gasteiger partial charge in [0.1, 0.15) is 0 Å². The van der Waals surface area contributed by atoms with Gasteiger partial charge in [-0.3, -0.25) is 4.90 Å². The Bertz CT molecular complexity index is 975. The van der Waals surface area contributed by atoms with Crippen LogP contribution in [0.2, 0.25) is 0 Å². The van der Waals surface area contributed by atoms with Crippen LogP contribution in [0.1, 0.15) is 48.6 Å². The van der Waals surface area contributed by atoms with E-state index in [1.807, 2.05) is 6.92 Å². The van der Waals surface area contributed by atoms with Gasteiger partial charge in [0.05, 0.1) is 12.3 Å². The monoisotopic (exact) mass is 435 g/mol. The van der Waals surface area contributed by atoms with E-state index in [2.05, 4.69) is 71.5 Å². The molecule has 5 nitrogen and oxygen atoms in total. The molecule has 0 saturated carbocycles. The lowest BCUT2D eigenvalue weighted by Gasteiger charge is -2.32. The van der Waals surface area contributed by atoms with Gasteiger partial charge in [0.2, 0.25) is 0 Å². The molecule has 32 heavy (non-hydrogen) atoms. The van der Waals surface area contributed by atoms with Crippen molar-refractivity contribution < 1.29 is 9.26 Å². The molecule has 2 aromatic carbocycles. The Labute approximate surface area is 192 Å². The fourth-order valence-corrected chi connectivity index (χ4v) is 4.78. The summed E-state index contributed by atoms with van der Waals surface area (Å²) < 4.78 is 11.6. The lowest BCUT2D eigenvalue weighted by Crippen LogP contribution is -2.33. The van der Waals surface area contributed by atoms with Gasteiger partial charge in [-0.15, -0.1) is 0 Å². The third-order valence-corrected chi connectivity index (χ3v) is 6.60. The van der Waals surface area contributed by atoms with E-state index in [4.69, 9.17) is 9.26 Å². The number of fused-ring (bicyclic) bond motifs is 1. The van der Waals surface area contributed by atoms with Crippen molar-refractivity contribution in [1.82, 2.24) is 15.0 Å². The third kappa shape index (κ3) is 5.77. The number of aryl methyl sites for hydroxylation is 1. The first-order valence-electron chi connectivity index (χ1n) is 12.0. The largest absolute Gasteiger partial charge is 0.377 e. The van der Waals surface area contributed by atoms with E-state index in [-0.39, 0.29) is 0 Å². The van der Waals surface area contributed by atoms with Crippen molar-refractivity contribution in [1.29, 1.82) is 0 Å². The maximum absolute atomic E-state index is 5.88. The van der Waals surface area contributed by atoms with E-state index >= 15 is 0 Å². The topological polar surface area (TPSA) is 41.7 Å². The van der Waals surface area contributed by atoms with Crippen molar-refractivity contribution in [2.45, 2.75) is 52.3 Å². The normalized spacial score (nSPS) is 15.8. The average Bonchev–Trinajstić information content (AvgIpc) is 3.22. The molecule has 0 bridgehead atoms. The van der Waals surface area contributed by atoms with Gasteiger partial charge in [-0.1, -0.05) is 41.6 Å². The van der Waals surface area contributed by atoms with Crippen LogP contribution in [0.3, 0.4) is 0 Å². The van der Waals surface area contributed by atoms with Crippen molar-refractivity contribution in [2.24, 2.45) is 5.92 Å². The predicted molar refractivity (Wildman–Crippen MR) is 129 cm³/mol. The van der Waals surface area contributed by atoms with Crippen LogP contribution < -0.4 is 0 Å². The lowest BCUT2D eigenvalue weighted by atomic mass is 9.90. The number of ether oxygens (including phenoxy) is 1. The van der Waals surface area contributed by atoms with Crippen molar-refractivity contribution in [3.8, 4) is 0 Å². The van der Waals surface area contributed by atoms with E-state index in [1.54, 1.807) is 0 Å². The number of nitrogens with zero attached hydrogens (tertiary/aromatic N) is 3. The molecule has 0 aliphatic carbocycles. The number of likely N-dealkylation sites (tertiary alicyclic amines) is 1. The second-order valence-corrected chi connectivity index (χ2v) is 9.33. The lowest BCUT2D eigenvalue weighted by molar-refractivity contribution is 0.133. The molecule has 1 saturated heterocycles. The van der Waals surface area contributed by atoms with Crippen LogP contribution in [0, 0.1) is 5.92 Å². The van der Waals surface area contributed by atoms with Gasteiger partial charge in [0.15, 0.2) is 5.58 Å². The summed E-state index contributed by atoms with van der Waals surface area (Å²) in [6, 6.07) is 15.2. The van der Waals surface area contributed by atoms with Crippen molar-refractivity contribution >= 4 is 11.0 Å². The molecule has 1 aromatic heterocycles. The SMILES string of the molecule is CCOCc1ccc2c(CCC3CCN(Cc4ccccc4)CC3)noc2c1CN(C)C. The van der Waals surface area contributed by atoms with Crippen LogP contribution in [-0.4, -0.2) is 48.7 Å². The van der Waals surface area contributed by atoms with Crippen LogP contribution in [-0.2, 0) is 30.9 Å². The van der Waals surface area contributed by atoms with E-state index in [0.717, 1.165) is 36.7 Å². The summed E-state index contributed by atoms with van der Waals surface area (Å²) in [7, 11) is 4.18. The maximum atomic E-state index is 5.88. The van der Waals surface area contributed by atoms with Crippen molar-refractivity contribution in [3.05, 3.63) is 64.8 Å². The molecule has 0 unspecified atom stereocenters. The summed E-state index contributed by atoms with van der Waals surface area (Å²) >= 11 is 0. The molecule has 3 aromatic rings. The fraction of sp³-hybridized carbons (Fsp3) is 0.519. The number of aromatic nitrogens is 1. The number of rotatable bonds is 10. The highest BCUT2D eigenvalue weighted by Gasteiger charge is 2.21. The number of hydrogen-bond acceptors (Lipinski definition) is 5. The van der Waals surface area contributed by atoms with E-state index < -0.39 is 0 Å². The van der Waals surface area contributed by atoms with Crippen LogP contribution in [0.5, 0.6) is 0 Å². The molecule has 0 amide bonds. The summed E-state index contributed by atoms with van der Waals surface area (Å²) in [6.45, 7) is 7.63. The zero-order valence-electron chi connectivity index (χ0n) is 19.8. The van der Waals surface area contributed by atoms with E-state index in [9.17, 15) is 0 Å². The molecule has 2 heterocycles. The number of piperidine rings is 1. The Balaban J connectivity index is 1.36. The predicted octanol–water partition coefficient (Wildman–Crippen LogP) is 5.27. The van der Waals surface area contributed by atoms with Gasteiger partial charge in [-0.25, -0.2) is 0 Å². The fourth-order valence-electron chi connectivity index (χ4n) is 4.78. The van der Waals surface area contributed by atoms with Gasteiger partial charge >= 0.3 is 0 Å². The Morgan fingerprint density at radius 3 is 2.59 bits per heavy atom. The molecule has 5 heteroatoms. The maximum Gasteiger partial charge on any atom is 0.171 e. The van der Waals surface area contributed by atoms with Crippen LogP contribution >= 0.6 is 0 Å².